The Hall–Kier alpha value is -3.39. The molecule has 5 rings (SSSR count). The number of aromatic amines is 1. The fourth-order valence-corrected chi connectivity index (χ4v) is 4.33. The Balaban J connectivity index is 1.53. The Kier molecular flexibility index (Phi) is 4.61. The standard InChI is InChI=1S/C21H18N6OS/c1-28-17-9-5-4-8-16(17)27-10-14-6-2-3-7-15(14)26-18(27)11-29-21-19-20(23-12-22-19)24-13-25-21/h2-10,12-13,18H,11H2,1H3,(H,22,23,24,25). The third-order valence-corrected chi connectivity index (χ3v) is 5.79. The van der Waals surface area contributed by atoms with Gasteiger partial charge in [0, 0.05) is 17.2 Å². The molecule has 1 atom stereocenters. The predicted octanol–water partition coefficient (Wildman–Crippen LogP) is 2.36. The van der Waals surface area contributed by atoms with E-state index in [-0.39, 0.29) is 6.17 Å². The molecule has 0 bridgehead atoms. The van der Waals surface area contributed by atoms with Crippen molar-refractivity contribution < 1.29 is 4.74 Å². The smallest absolute Gasteiger partial charge is 0.181 e. The molecule has 3 heterocycles. The van der Waals surface area contributed by atoms with Crippen molar-refractivity contribution in [3.8, 4) is 5.75 Å². The summed E-state index contributed by atoms with van der Waals surface area (Å²) < 4.78 is 5.60. The van der Waals surface area contributed by atoms with Gasteiger partial charge in [-0.3, -0.25) is 4.99 Å². The van der Waals surface area contributed by atoms with E-state index in [4.69, 9.17) is 9.73 Å². The third kappa shape index (κ3) is 3.31. The fourth-order valence-electron chi connectivity index (χ4n) is 3.37. The quantitative estimate of drug-likeness (QED) is 0.408. The Morgan fingerprint density at radius 3 is 2.86 bits per heavy atom. The topological polar surface area (TPSA) is 79.3 Å². The Morgan fingerprint density at radius 2 is 1.93 bits per heavy atom. The van der Waals surface area contributed by atoms with Gasteiger partial charge in [0.15, 0.2) is 5.65 Å². The molecule has 0 aliphatic carbocycles. The van der Waals surface area contributed by atoms with Gasteiger partial charge in [-0.25, -0.2) is 15.0 Å². The van der Waals surface area contributed by atoms with Gasteiger partial charge in [0.1, 0.15) is 28.8 Å². The second-order valence-corrected chi connectivity index (χ2v) is 7.48. The number of rotatable bonds is 5. The molecule has 1 aliphatic heterocycles. The van der Waals surface area contributed by atoms with Crippen LogP contribution in [0.4, 0.5) is 5.69 Å². The number of fused-ring (bicyclic) bond motifs is 2. The first-order valence-electron chi connectivity index (χ1n) is 9.16. The van der Waals surface area contributed by atoms with Crippen molar-refractivity contribution in [3.05, 3.63) is 71.8 Å². The molecule has 144 valence electrons. The van der Waals surface area contributed by atoms with E-state index in [0.717, 1.165) is 32.6 Å². The number of imidazole rings is 1. The van der Waals surface area contributed by atoms with Gasteiger partial charge in [0.05, 0.1) is 24.5 Å². The molecule has 0 spiro atoms. The van der Waals surface area contributed by atoms with E-state index in [9.17, 15) is 0 Å². The molecule has 29 heavy (non-hydrogen) atoms. The minimum Gasteiger partial charge on any atom is -0.495 e. The summed E-state index contributed by atoms with van der Waals surface area (Å²) in [5, 5.41) is 2.93. The summed E-state index contributed by atoms with van der Waals surface area (Å²) >= 11 is 1.63. The van der Waals surface area contributed by atoms with Crippen molar-refractivity contribution >= 4 is 34.8 Å². The number of benzene rings is 2. The minimum absolute atomic E-state index is 0.112. The highest BCUT2D eigenvalue weighted by Gasteiger charge is 2.23. The monoisotopic (exact) mass is 402 g/mol. The molecule has 0 radical (unpaired) electrons. The Morgan fingerprint density at radius 1 is 1.07 bits per heavy atom. The summed E-state index contributed by atoms with van der Waals surface area (Å²) in [5.41, 5.74) is 2.50. The van der Waals surface area contributed by atoms with Crippen molar-refractivity contribution in [2.24, 2.45) is 4.99 Å². The fraction of sp³-hybridized carbons (Fsp3) is 0.143. The van der Waals surface area contributed by atoms with Crippen molar-refractivity contribution in [1.29, 1.82) is 0 Å². The van der Waals surface area contributed by atoms with Crippen LogP contribution in [0.5, 0.6) is 5.75 Å². The summed E-state index contributed by atoms with van der Waals surface area (Å²) in [6.45, 7) is 0. The van der Waals surface area contributed by atoms with Crippen LogP contribution in [-0.2, 0) is 0 Å². The first-order valence-corrected chi connectivity index (χ1v) is 10.1. The van der Waals surface area contributed by atoms with E-state index in [1.54, 1.807) is 31.5 Å². The normalized spacial score (nSPS) is 15.5. The number of H-pyrrole nitrogens is 1. The molecule has 1 N–H and O–H groups in total. The Labute approximate surface area is 171 Å². The van der Waals surface area contributed by atoms with Gasteiger partial charge in [-0.2, -0.15) is 0 Å². The van der Waals surface area contributed by atoms with Crippen LogP contribution in [-0.4, -0.2) is 39.0 Å². The highest BCUT2D eigenvalue weighted by Crippen LogP contribution is 2.32. The van der Waals surface area contributed by atoms with E-state index in [1.165, 1.54) is 0 Å². The summed E-state index contributed by atoms with van der Waals surface area (Å²) in [6, 6.07) is 16.1. The Bertz CT molecular complexity index is 1290. The van der Waals surface area contributed by atoms with E-state index >= 15 is 0 Å². The molecule has 0 saturated heterocycles. The molecule has 0 saturated carbocycles. The van der Waals surface area contributed by atoms with Crippen molar-refractivity contribution in [3.63, 3.8) is 0 Å². The van der Waals surface area contributed by atoms with Crippen LogP contribution in [0.1, 0.15) is 0 Å². The SMILES string of the molecule is COc1ccccc1N1C=c2ccccc2=NC1CSc1ncnc2nc[nH]c12. The summed E-state index contributed by atoms with van der Waals surface area (Å²) in [6.07, 6.45) is 5.21. The highest BCUT2D eigenvalue weighted by atomic mass is 32.2. The van der Waals surface area contributed by atoms with Gasteiger partial charge in [-0.1, -0.05) is 42.1 Å². The lowest BCUT2D eigenvalue weighted by Crippen LogP contribution is -2.43. The zero-order valence-corrected chi connectivity index (χ0v) is 16.5. The maximum Gasteiger partial charge on any atom is 0.181 e. The molecule has 1 aliphatic rings. The molecule has 7 nitrogen and oxygen atoms in total. The molecule has 0 fully saturated rings. The van der Waals surface area contributed by atoms with Crippen LogP contribution in [0.2, 0.25) is 0 Å². The molecule has 2 aromatic carbocycles. The molecular formula is C21H18N6OS. The number of aromatic nitrogens is 4. The van der Waals surface area contributed by atoms with Crippen molar-refractivity contribution in [2.75, 3.05) is 17.8 Å². The summed E-state index contributed by atoms with van der Waals surface area (Å²) in [4.78, 5) is 23.1. The third-order valence-electron chi connectivity index (χ3n) is 4.74. The van der Waals surface area contributed by atoms with Crippen molar-refractivity contribution in [1.82, 2.24) is 19.9 Å². The van der Waals surface area contributed by atoms with Crippen LogP contribution in [0, 0.1) is 0 Å². The lowest BCUT2D eigenvalue weighted by atomic mass is 10.2. The maximum atomic E-state index is 5.60. The van der Waals surface area contributed by atoms with Crippen LogP contribution < -0.4 is 20.2 Å². The summed E-state index contributed by atoms with van der Waals surface area (Å²) in [7, 11) is 1.69. The van der Waals surface area contributed by atoms with Crippen LogP contribution in [0.3, 0.4) is 0 Å². The summed E-state index contributed by atoms with van der Waals surface area (Å²) in [5.74, 6) is 1.51. The number of para-hydroxylation sites is 3. The second kappa shape index (κ2) is 7.56. The highest BCUT2D eigenvalue weighted by molar-refractivity contribution is 7.99. The van der Waals surface area contributed by atoms with E-state index in [1.807, 2.05) is 42.5 Å². The van der Waals surface area contributed by atoms with E-state index < -0.39 is 0 Å². The van der Waals surface area contributed by atoms with E-state index in [2.05, 4.69) is 37.1 Å². The number of anilines is 1. The van der Waals surface area contributed by atoms with Gasteiger partial charge in [0.2, 0.25) is 0 Å². The maximum absolute atomic E-state index is 5.60. The first kappa shape index (κ1) is 17.7. The van der Waals surface area contributed by atoms with Crippen molar-refractivity contribution in [2.45, 2.75) is 11.2 Å². The molecule has 0 amide bonds. The van der Waals surface area contributed by atoms with Crippen LogP contribution in [0.15, 0.2) is 71.2 Å². The second-order valence-electron chi connectivity index (χ2n) is 6.47. The number of ether oxygens (including phenoxy) is 1. The predicted molar refractivity (Wildman–Crippen MR) is 113 cm³/mol. The van der Waals surface area contributed by atoms with Gasteiger partial charge in [-0.15, -0.1) is 0 Å². The van der Waals surface area contributed by atoms with Gasteiger partial charge in [-0.05, 0) is 18.2 Å². The average Bonchev–Trinajstić information content (AvgIpc) is 3.26. The molecule has 8 heteroatoms. The molecule has 2 aromatic heterocycles. The zero-order valence-electron chi connectivity index (χ0n) is 15.7. The van der Waals surface area contributed by atoms with Gasteiger partial charge >= 0.3 is 0 Å². The molecule has 1 unspecified atom stereocenters. The number of thioether (sulfide) groups is 1. The molecule has 4 aromatic rings. The van der Waals surface area contributed by atoms with Crippen LogP contribution >= 0.6 is 11.8 Å². The van der Waals surface area contributed by atoms with E-state index in [0.29, 0.717) is 11.4 Å². The number of nitrogens with zero attached hydrogens (tertiary/aromatic N) is 5. The number of nitrogens with one attached hydrogen (secondary N) is 1. The van der Waals surface area contributed by atoms with Crippen LogP contribution in [0.25, 0.3) is 17.4 Å². The number of hydrogen-bond acceptors (Lipinski definition) is 7. The van der Waals surface area contributed by atoms with Gasteiger partial charge < -0.3 is 14.6 Å². The first-order chi connectivity index (χ1) is 14.3. The lowest BCUT2D eigenvalue weighted by molar-refractivity contribution is 0.414. The minimum atomic E-state index is -0.112. The van der Waals surface area contributed by atoms with Gasteiger partial charge in [0.25, 0.3) is 0 Å². The number of methoxy groups -OCH3 is 1. The average molecular weight is 402 g/mol. The molecular weight excluding hydrogens is 384 g/mol. The largest absolute Gasteiger partial charge is 0.495 e. The lowest BCUT2D eigenvalue weighted by Gasteiger charge is -2.30. The zero-order chi connectivity index (χ0) is 19.6. The number of hydrogen-bond donors (Lipinski definition) is 1.